The summed E-state index contributed by atoms with van der Waals surface area (Å²) in [4.78, 5) is 27.3. The molecule has 1 aliphatic heterocycles. The van der Waals surface area contributed by atoms with Gasteiger partial charge < -0.3 is 19.1 Å². The third-order valence-electron chi connectivity index (χ3n) is 4.59. The van der Waals surface area contributed by atoms with Gasteiger partial charge in [0.1, 0.15) is 23.7 Å². The number of fused-ring (bicyclic) bond motifs is 1. The zero-order valence-corrected chi connectivity index (χ0v) is 16.8. The molecule has 8 heteroatoms. The first-order valence-electron chi connectivity index (χ1n) is 8.44. The highest BCUT2D eigenvalue weighted by molar-refractivity contribution is 7.80. The average molecular weight is 400 g/mol. The van der Waals surface area contributed by atoms with Crippen LogP contribution < -0.4 is 9.47 Å². The minimum Gasteiger partial charge on any atom is -0.497 e. The molecule has 1 amide bonds. The fourth-order valence-electron chi connectivity index (χ4n) is 3.04. The number of hydrogen-bond acceptors (Lipinski definition) is 6. The molecule has 0 atom stereocenters. The number of thiocarbonyl (C=S) groups is 1. The van der Waals surface area contributed by atoms with E-state index < -0.39 is 5.97 Å². The van der Waals surface area contributed by atoms with Crippen molar-refractivity contribution in [2.45, 2.75) is 0 Å². The fraction of sp³-hybridized carbons (Fsp3) is 0.250. The summed E-state index contributed by atoms with van der Waals surface area (Å²) in [5.41, 5.74) is 1.05. The number of hydrogen-bond donors (Lipinski definition) is 0. The lowest BCUT2D eigenvalue weighted by Gasteiger charge is -2.15. The number of methoxy groups -OCH3 is 3. The first-order valence-corrected chi connectivity index (χ1v) is 8.85. The number of rotatable bonds is 5. The molecular weight excluding hydrogens is 380 g/mol. The fourth-order valence-corrected chi connectivity index (χ4v) is 3.28. The van der Waals surface area contributed by atoms with Gasteiger partial charge in [-0.05, 0) is 47.3 Å². The number of amides is 1. The highest BCUT2D eigenvalue weighted by atomic mass is 32.1. The second-order valence-corrected chi connectivity index (χ2v) is 6.47. The summed E-state index contributed by atoms with van der Waals surface area (Å²) in [5, 5.41) is 2.07. The van der Waals surface area contributed by atoms with Crippen LogP contribution in [0.5, 0.6) is 11.5 Å². The van der Waals surface area contributed by atoms with E-state index in [0.29, 0.717) is 17.2 Å². The molecule has 1 saturated heterocycles. The zero-order chi connectivity index (χ0) is 20.4. The normalized spacial score (nSPS) is 15.5. The molecule has 28 heavy (non-hydrogen) atoms. The average Bonchev–Trinajstić information content (AvgIpc) is 2.91. The van der Waals surface area contributed by atoms with Crippen molar-refractivity contribution in [1.29, 1.82) is 0 Å². The van der Waals surface area contributed by atoms with Crippen LogP contribution in [0.1, 0.15) is 5.56 Å². The van der Waals surface area contributed by atoms with Crippen molar-refractivity contribution in [3.05, 3.63) is 41.6 Å². The van der Waals surface area contributed by atoms with Crippen LogP contribution in [-0.2, 0) is 14.3 Å². The van der Waals surface area contributed by atoms with Gasteiger partial charge in [0.05, 0.1) is 21.3 Å². The second kappa shape index (κ2) is 7.85. The van der Waals surface area contributed by atoms with E-state index >= 15 is 0 Å². The van der Waals surface area contributed by atoms with Crippen molar-refractivity contribution < 1.29 is 23.8 Å². The smallest absolute Gasteiger partial charge is 0.325 e. The quantitative estimate of drug-likeness (QED) is 0.434. The Kier molecular flexibility index (Phi) is 5.51. The summed E-state index contributed by atoms with van der Waals surface area (Å²) in [7, 11) is 6.11. The van der Waals surface area contributed by atoms with E-state index in [-0.39, 0.29) is 17.6 Å². The van der Waals surface area contributed by atoms with Crippen LogP contribution in [0.3, 0.4) is 0 Å². The molecule has 1 aliphatic rings. The van der Waals surface area contributed by atoms with Crippen LogP contribution in [0.2, 0.25) is 0 Å². The molecule has 7 nitrogen and oxygen atoms in total. The van der Waals surface area contributed by atoms with E-state index in [1.54, 1.807) is 32.2 Å². The van der Waals surface area contributed by atoms with Crippen LogP contribution in [0.25, 0.3) is 16.8 Å². The molecule has 0 N–H and O–H groups in total. The predicted molar refractivity (Wildman–Crippen MR) is 109 cm³/mol. The standard InChI is InChI=1S/C20H20N2O5S/c1-21-16(19(24)22(20(21)28)11-18(23)27-4)10-15-14-9-13(25-2)7-5-12(14)6-8-17(15)26-3/h5-10H,11H2,1-4H3/b16-10-. The summed E-state index contributed by atoms with van der Waals surface area (Å²) in [6.45, 7) is -0.240. The van der Waals surface area contributed by atoms with Crippen molar-refractivity contribution in [2.75, 3.05) is 34.9 Å². The monoisotopic (exact) mass is 400 g/mol. The Morgan fingerprint density at radius 1 is 1.14 bits per heavy atom. The maximum absolute atomic E-state index is 12.9. The molecule has 0 bridgehead atoms. The van der Waals surface area contributed by atoms with Gasteiger partial charge in [-0.15, -0.1) is 0 Å². The van der Waals surface area contributed by atoms with Gasteiger partial charge in [-0.25, -0.2) is 0 Å². The number of nitrogens with zero attached hydrogens (tertiary/aromatic N) is 2. The largest absolute Gasteiger partial charge is 0.497 e. The summed E-state index contributed by atoms with van der Waals surface area (Å²) >= 11 is 5.33. The van der Waals surface area contributed by atoms with E-state index in [1.807, 2.05) is 30.3 Å². The molecule has 0 aromatic heterocycles. The van der Waals surface area contributed by atoms with Crippen molar-refractivity contribution in [3.63, 3.8) is 0 Å². The van der Waals surface area contributed by atoms with Crippen molar-refractivity contribution >= 4 is 46.1 Å². The molecular formula is C20H20N2O5S. The third-order valence-corrected chi connectivity index (χ3v) is 5.08. The van der Waals surface area contributed by atoms with Crippen LogP contribution in [-0.4, -0.2) is 61.7 Å². The topological polar surface area (TPSA) is 68.3 Å². The van der Waals surface area contributed by atoms with Gasteiger partial charge in [0.2, 0.25) is 0 Å². The highest BCUT2D eigenvalue weighted by Gasteiger charge is 2.37. The molecule has 1 heterocycles. The minimum atomic E-state index is -0.544. The van der Waals surface area contributed by atoms with Gasteiger partial charge in [-0.3, -0.25) is 14.5 Å². The Bertz CT molecular complexity index is 996. The molecule has 146 valence electrons. The van der Waals surface area contributed by atoms with E-state index in [0.717, 1.165) is 16.3 Å². The van der Waals surface area contributed by atoms with Gasteiger partial charge in [-0.1, -0.05) is 12.1 Å². The van der Waals surface area contributed by atoms with Crippen LogP contribution in [0.4, 0.5) is 0 Å². The predicted octanol–water partition coefficient (Wildman–Crippen LogP) is 2.43. The van der Waals surface area contributed by atoms with Gasteiger partial charge in [0.15, 0.2) is 5.11 Å². The van der Waals surface area contributed by atoms with Crippen molar-refractivity contribution in [1.82, 2.24) is 9.80 Å². The molecule has 0 spiro atoms. The zero-order valence-electron chi connectivity index (χ0n) is 16.0. The Morgan fingerprint density at radius 3 is 2.50 bits per heavy atom. The van der Waals surface area contributed by atoms with Gasteiger partial charge in [0, 0.05) is 12.6 Å². The SMILES string of the molecule is COC(=O)CN1C(=O)/C(=C/c2c(OC)ccc3ccc(OC)cc23)N(C)C1=S. The number of ether oxygens (including phenoxy) is 3. The second-order valence-electron chi connectivity index (χ2n) is 6.11. The van der Waals surface area contributed by atoms with Crippen molar-refractivity contribution in [3.8, 4) is 11.5 Å². The molecule has 2 aromatic carbocycles. The van der Waals surface area contributed by atoms with Crippen LogP contribution >= 0.6 is 12.2 Å². The lowest BCUT2D eigenvalue weighted by atomic mass is 10.0. The Balaban J connectivity index is 2.14. The number of esters is 1. The number of carbonyl (C=O) groups excluding carboxylic acids is 2. The Labute approximate surface area is 168 Å². The van der Waals surface area contributed by atoms with Gasteiger partial charge >= 0.3 is 5.97 Å². The molecule has 0 saturated carbocycles. The van der Waals surface area contributed by atoms with E-state index in [1.165, 1.54) is 12.0 Å². The summed E-state index contributed by atoms with van der Waals surface area (Å²) in [6.07, 6.45) is 1.71. The number of carbonyl (C=O) groups is 2. The third kappa shape index (κ3) is 3.38. The molecule has 2 aromatic rings. The Morgan fingerprint density at radius 2 is 1.86 bits per heavy atom. The summed E-state index contributed by atoms with van der Waals surface area (Å²) in [6, 6.07) is 9.46. The van der Waals surface area contributed by atoms with E-state index in [2.05, 4.69) is 4.74 Å². The number of likely N-dealkylation sites (N-methyl/N-ethyl adjacent to an activating group) is 1. The summed E-state index contributed by atoms with van der Waals surface area (Å²) in [5.74, 6) is 0.374. The highest BCUT2D eigenvalue weighted by Crippen LogP contribution is 2.34. The molecule has 0 unspecified atom stereocenters. The molecule has 0 aliphatic carbocycles. The summed E-state index contributed by atoms with van der Waals surface area (Å²) < 4.78 is 15.5. The maximum Gasteiger partial charge on any atom is 0.325 e. The van der Waals surface area contributed by atoms with Crippen LogP contribution in [0, 0.1) is 0 Å². The first-order chi connectivity index (χ1) is 13.4. The maximum atomic E-state index is 12.9. The van der Waals surface area contributed by atoms with Crippen molar-refractivity contribution in [2.24, 2.45) is 0 Å². The van der Waals surface area contributed by atoms with Gasteiger partial charge in [0.25, 0.3) is 5.91 Å². The van der Waals surface area contributed by atoms with Crippen LogP contribution in [0.15, 0.2) is 36.0 Å². The molecule has 3 rings (SSSR count). The van der Waals surface area contributed by atoms with E-state index in [9.17, 15) is 9.59 Å². The minimum absolute atomic E-state index is 0.235. The van der Waals surface area contributed by atoms with E-state index in [4.69, 9.17) is 21.7 Å². The number of benzene rings is 2. The lowest BCUT2D eigenvalue weighted by molar-refractivity contribution is -0.143. The van der Waals surface area contributed by atoms with Gasteiger partial charge in [-0.2, -0.15) is 0 Å². The lowest BCUT2D eigenvalue weighted by Crippen LogP contribution is -2.36. The molecule has 1 fully saturated rings. The molecule has 0 radical (unpaired) electrons. The Hall–Kier alpha value is -3.13. The first kappa shape index (κ1) is 19.6.